The summed E-state index contributed by atoms with van der Waals surface area (Å²) in [6.45, 7) is 13.8. The van der Waals surface area contributed by atoms with Gasteiger partial charge in [0.15, 0.2) is 17.3 Å². The maximum atomic E-state index is 12.5. The Bertz CT molecular complexity index is 1170. The van der Waals surface area contributed by atoms with Crippen LogP contribution in [0.25, 0.3) is 0 Å². The van der Waals surface area contributed by atoms with Crippen LogP contribution in [0.5, 0.6) is 0 Å². The molecule has 11 heteroatoms. The largest absolute Gasteiger partial charge is 0.444 e. The van der Waals surface area contributed by atoms with Crippen molar-refractivity contribution in [2.75, 3.05) is 54.9 Å². The van der Waals surface area contributed by atoms with Gasteiger partial charge < -0.3 is 35.6 Å². The average Bonchev–Trinajstić information content (AvgIpc) is 3.32. The van der Waals surface area contributed by atoms with Crippen LogP contribution in [0.4, 0.5) is 27.8 Å². The lowest BCUT2D eigenvalue weighted by Gasteiger charge is -2.30. The van der Waals surface area contributed by atoms with E-state index < -0.39 is 11.5 Å². The fourth-order valence-corrected chi connectivity index (χ4v) is 4.68. The molecule has 2 aliphatic rings. The van der Waals surface area contributed by atoms with Crippen LogP contribution in [0.15, 0.2) is 18.2 Å². The van der Waals surface area contributed by atoms with Gasteiger partial charge in [0.1, 0.15) is 5.60 Å². The van der Waals surface area contributed by atoms with Crippen molar-refractivity contribution in [3.8, 4) is 0 Å². The molecule has 2 aliphatic heterocycles. The molecule has 3 heterocycles. The molecule has 4 rings (SSSR count). The van der Waals surface area contributed by atoms with Gasteiger partial charge in [-0.2, -0.15) is 0 Å². The van der Waals surface area contributed by atoms with Gasteiger partial charge in [-0.3, -0.25) is 4.79 Å². The van der Waals surface area contributed by atoms with Gasteiger partial charge >= 0.3 is 6.09 Å². The van der Waals surface area contributed by atoms with Gasteiger partial charge in [-0.25, -0.2) is 14.8 Å². The van der Waals surface area contributed by atoms with Crippen molar-refractivity contribution in [3.63, 3.8) is 0 Å². The van der Waals surface area contributed by atoms with E-state index >= 15 is 0 Å². The van der Waals surface area contributed by atoms with Gasteiger partial charge in [-0.1, -0.05) is 6.92 Å². The third kappa shape index (κ3) is 6.63. The second-order valence-corrected chi connectivity index (χ2v) is 10.7. The standard InChI is InChI=1S/C27H39N7O4/c1-6-20-24(30-19-9-10-34(16-19)26(36)38-27(3,4)5)32-25(22(31-20)23(28)35)29-18-7-8-21(17(2)15-18)33-11-13-37-14-12-33/h7-8,15,19H,6,9-14,16H2,1-5H3,(H2,28,35)(H2,29,30,32)/t19-/m1/s1. The van der Waals surface area contributed by atoms with E-state index in [0.717, 1.165) is 36.4 Å². The number of hydrogen-bond donors (Lipinski definition) is 3. The maximum absolute atomic E-state index is 12.5. The summed E-state index contributed by atoms with van der Waals surface area (Å²) in [5, 5.41) is 6.68. The number of rotatable bonds is 7. The number of morpholine rings is 1. The Morgan fingerprint density at radius 2 is 1.89 bits per heavy atom. The summed E-state index contributed by atoms with van der Waals surface area (Å²) in [4.78, 5) is 38.1. The zero-order chi connectivity index (χ0) is 27.4. The molecular weight excluding hydrogens is 486 g/mol. The number of carbonyl (C=O) groups excluding carboxylic acids is 2. The number of aromatic nitrogens is 2. The first-order valence-corrected chi connectivity index (χ1v) is 13.2. The molecule has 0 unspecified atom stereocenters. The van der Waals surface area contributed by atoms with Crippen LogP contribution in [0.3, 0.4) is 0 Å². The molecule has 0 saturated carbocycles. The number of likely N-dealkylation sites (tertiary alicyclic amines) is 1. The summed E-state index contributed by atoms with van der Waals surface area (Å²) >= 11 is 0. The van der Waals surface area contributed by atoms with Crippen molar-refractivity contribution in [2.24, 2.45) is 5.73 Å². The summed E-state index contributed by atoms with van der Waals surface area (Å²) < 4.78 is 11.0. The highest BCUT2D eigenvalue weighted by molar-refractivity contribution is 5.96. The van der Waals surface area contributed by atoms with E-state index in [-0.39, 0.29) is 23.6 Å². The number of primary amides is 1. The van der Waals surface area contributed by atoms with Crippen molar-refractivity contribution < 1.29 is 19.1 Å². The second-order valence-electron chi connectivity index (χ2n) is 10.7. The highest BCUT2D eigenvalue weighted by Gasteiger charge is 2.31. The van der Waals surface area contributed by atoms with Gasteiger partial charge in [-0.05, 0) is 64.3 Å². The predicted octanol–water partition coefficient (Wildman–Crippen LogP) is 3.45. The number of benzene rings is 1. The molecule has 2 fully saturated rings. The molecule has 38 heavy (non-hydrogen) atoms. The molecule has 2 saturated heterocycles. The molecular formula is C27H39N7O4. The molecule has 1 aromatic carbocycles. The zero-order valence-corrected chi connectivity index (χ0v) is 23.0. The van der Waals surface area contributed by atoms with E-state index in [4.69, 9.17) is 20.2 Å². The molecule has 2 amide bonds. The van der Waals surface area contributed by atoms with Gasteiger partial charge in [0.25, 0.3) is 5.91 Å². The summed E-state index contributed by atoms with van der Waals surface area (Å²) in [7, 11) is 0. The second kappa shape index (κ2) is 11.4. The SMILES string of the molecule is CCc1nc(C(N)=O)c(Nc2ccc(N3CCOCC3)c(C)c2)nc1N[C@@H]1CCN(C(=O)OC(C)(C)C)C1. The lowest BCUT2D eigenvalue weighted by molar-refractivity contribution is 0.0293. The number of hydrogen-bond acceptors (Lipinski definition) is 9. The van der Waals surface area contributed by atoms with Crippen LogP contribution in [0, 0.1) is 6.92 Å². The molecule has 11 nitrogen and oxygen atoms in total. The van der Waals surface area contributed by atoms with Crippen molar-refractivity contribution in [3.05, 3.63) is 35.2 Å². The molecule has 0 spiro atoms. The Balaban J connectivity index is 1.53. The fraction of sp³-hybridized carbons (Fsp3) is 0.556. The van der Waals surface area contributed by atoms with Crippen LogP contribution in [-0.2, 0) is 15.9 Å². The topological polar surface area (TPSA) is 135 Å². The average molecular weight is 526 g/mol. The lowest BCUT2D eigenvalue weighted by Crippen LogP contribution is -2.36. The van der Waals surface area contributed by atoms with E-state index in [9.17, 15) is 9.59 Å². The first-order chi connectivity index (χ1) is 18.0. The Kier molecular flexibility index (Phi) is 8.25. The molecule has 1 atom stereocenters. The molecule has 206 valence electrons. The van der Waals surface area contributed by atoms with Crippen molar-refractivity contribution in [1.82, 2.24) is 14.9 Å². The number of aryl methyl sites for hydroxylation is 2. The monoisotopic (exact) mass is 525 g/mol. The minimum atomic E-state index is -0.653. The lowest BCUT2D eigenvalue weighted by atomic mass is 10.1. The first-order valence-electron chi connectivity index (χ1n) is 13.2. The fourth-order valence-electron chi connectivity index (χ4n) is 4.68. The molecule has 0 bridgehead atoms. The molecule has 4 N–H and O–H groups in total. The Hall–Kier alpha value is -3.60. The highest BCUT2D eigenvalue weighted by atomic mass is 16.6. The van der Waals surface area contributed by atoms with Crippen LogP contribution < -0.4 is 21.3 Å². The summed E-state index contributed by atoms with van der Waals surface area (Å²) in [5.74, 6) is 0.204. The number of nitrogens with one attached hydrogen (secondary N) is 2. The van der Waals surface area contributed by atoms with Gasteiger partial charge in [0.2, 0.25) is 0 Å². The predicted molar refractivity (Wildman–Crippen MR) is 147 cm³/mol. The highest BCUT2D eigenvalue weighted by Crippen LogP contribution is 2.28. The van der Waals surface area contributed by atoms with E-state index in [1.807, 2.05) is 39.8 Å². The molecule has 2 aromatic rings. The quantitative estimate of drug-likeness (QED) is 0.497. The van der Waals surface area contributed by atoms with Gasteiger partial charge in [0.05, 0.1) is 18.9 Å². The minimum Gasteiger partial charge on any atom is -0.444 e. The van der Waals surface area contributed by atoms with Crippen LogP contribution in [0.2, 0.25) is 0 Å². The Labute approximate surface area is 224 Å². The summed E-state index contributed by atoms with van der Waals surface area (Å²) in [6, 6.07) is 6.02. The number of carbonyl (C=O) groups is 2. The number of nitrogens with zero attached hydrogens (tertiary/aromatic N) is 4. The third-order valence-corrected chi connectivity index (χ3v) is 6.53. The number of amides is 2. The van der Waals surface area contributed by atoms with E-state index in [1.54, 1.807) is 4.90 Å². The van der Waals surface area contributed by atoms with E-state index in [2.05, 4.69) is 33.5 Å². The third-order valence-electron chi connectivity index (χ3n) is 6.53. The summed E-state index contributed by atoms with van der Waals surface area (Å²) in [5.41, 5.74) is 8.89. The summed E-state index contributed by atoms with van der Waals surface area (Å²) in [6.07, 6.45) is 0.976. The normalized spacial score (nSPS) is 17.9. The number of ether oxygens (including phenoxy) is 2. The van der Waals surface area contributed by atoms with Crippen molar-refractivity contribution in [2.45, 2.75) is 59.1 Å². The molecule has 0 radical (unpaired) electrons. The first kappa shape index (κ1) is 27.4. The molecule has 1 aromatic heterocycles. The van der Waals surface area contributed by atoms with Gasteiger partial charge in [-0.15, -0.1) is 0 Å². The smallest absolute Gasteiger partial charge is 0.410 e. The van der Waals surface area contributed by atoms with E-state index in [1.165, 1.54) is 0 Å². The zero-order valence-electron chi connectivity index (χ0n) is 23.0. The number of anilines is 4. The number of nitrogens with two attached hydrogens (primary N) is 1. The Morgan fingerprint density at radius 3 is 2.53 bits per heavy atom. The maximum Gasteiger partial charge on any atom is 0.410 e. The van der Waals surface area contributed by atoms with Crippen LogP contribution in [0.1, 0.15) is 55.9 Å². The minimum absolute atomic E-state index is 0.0237. The van der Waals surface area contributed by atoms with Crippen molar-refractivity contribution in [1.29, 1.82) is 0 Å². The Morgan fingerprint density at radius 1 is 1.16 bits per heavy atom. The van der Waals surface area contributed by atoms with E-state index in [0.29, 0.717) is 44.2 Å². The van der Waals surface area contributed by atoms with Crippen molar-refractivity contribution >= 4 is 35.0 Å². The van der Waals surface area contributed by atoms with Crippen LogP contribution in [-0.4, -0.2) is 77.9 Å². The van der Waals surface area contributed by atoms with Crippen LogP contribution >= 0.6 is 0 Å². The van der Waals surface area contributed by atoms with Gasteiger partial charge in [0, 0.05) is 43.6 Å². The molecule has 0 aliphatic carbocycles.